The van der Waals surface area contributed by atoms with Gasteiger partial charge in [-0.1, -0.05) is 0 Å². The molecular formula is C7H11N3O3. The van der Waals surface area contributed by atoms with Crippen LogP contribution in [-0.2, 0) is 23.0 Å². The van der Waals surface area contributed by atoms with Crippen molar-refractivity contribution in [3.63, 3.8) is 0 Å². The Bertz CT molecular complexity index is 297. The van der Waals surface area contributed by atoms with E-state index in [4.69, 9.17) is 0 Å². The molecule has 0 saturated heterocycles. The van der Waals surface area contributed by atoms with E-state index in [0.29, 0.717) is 5.82 Å². The van der Waals surface area contributed by atoms with E-state index in [-0.39, 0.29) is 6.42 Å². The monoisotopic (exact) mass is 185 g/mol. The van der Waals surface area contributed by atoms with Gasteiger partial charge in [0.25, 0.3) is 0 Å². The van der Waals surface area contributed by atoms with Crippen LogP contribution in [0.1, 0.15) is 5.82 Å². The number of aliphatic hydroxyl groups excluding tert-OH is 1. The Morgan fingerprint density at radius 3 is 3.00 bits per heavy atom. The highest BCUT2D eigenvalue weighted by Gasteiger charge is 2.18. The van der Waals surface area contributed by atoms with Gasteiger partial charge < -0.3 is 9.84 Å². The highest BCUT2D eigenvalue weighted by atomic mass is 16.5. The molecule has 1 atom stereocenters. The van der Waals surface area contributed by atoms with Crippen LogP contribution in [0.2, 0.25) is 0 Å². The number of rotatable bonds is 3. The van der Waals surface area contributed by atoms with E-state index in [9.17, 15) is 9.90 Å². The summed E-state index contributed by atoms with van der Waals surface area (Å²) in [6.45, 7) is 0. The van der Waals surface area contributed by atoms with Crippen molar-refractivity contribution in [1.82, 2.24) is 14.8 Å². The van der Waals surface area contributed by atoms with Crippen molar-refractivity contribution in [2.45, 2.75) is 12.5 Å². The maximum atomic E-state index is 10.8. The number of aromatic nitrogens is 3. The zero-order valence-electron chi connectivity index (χ0n) is 7.47. The Kier molecular flexibility index (Phi) is 2.97. The summed E-state index contributed by atoms with van der Waals surface area (Å²) in [4.78, 5) is 14.7. The summed E-state index contributed by atoms with van der Waals surface area (Å²) in [5.74, 6) is -0.124. The van der Waals surface area contributed by atoms with Crippen LogP contribution in [0.3, 0.4) is 0 Å². The average Bonchev–Trinajstić information content (AvgIpc) is 2.50. The molecule has 0 fully saturated rings. The number of hydrogen-bond donors (Lipinski definition) is 1. The Labute approximate surface area is 75.2 Å². The lowest BCUT2D eigenvalue weighted by Gasteiger charge is -2.06. The van der Waals surface area contributed by atoms with E-state index >= 15 is 0 Å². The normalized spacial score (nSPS) is 12.5. The Hall–Kier alpha value is -1.43. The third kappa shape index (κ3) is 2.25. The van der Waals surface area contributed by atoms with Gasteiger partial charge in [-0.15, -0.1) is 0 Å². The van der Waals surface area contributed by atoms with Gasteiger partial charge in [0.1, 0.15) is 12.2 Å². The zero-order valence-corrected chi connectivity index (χ0v) is 7.47. The van der Waals surface area contributed by atoms with E-state index in [1.165, 1.54) is 18.1 Å². The largest absolute Gasteiger partial charge is 0.467 e. The summed E-state index contributed by atoms with van der Waals surface area (Å²) >= 11 is 0. The second-order valence-electron chi connectivity index (χ2n) is 2.54. The number of nitrogens with zero attached hydrogens (tertiary/aromatic N) is 3. The summed E-state index contributed by atoms with van der Waals surface area (Å²) in [5.41, 5.74) is 0. The zero-order chi connectivity index (χ0) is 9.84. The predicted molar refractivity (Wildman–Crippen MR) is 42.7 cm³/mol. The molecule has 0 saturated carbocycles. The minimum Gasteiger partial charge on any atom is -0.467 e. The van der Waals surface area contributed by atoms with Crippen molar-refractivity contribution in [2.24, 2.45) is 7.05 Å². The van der Waals surface area contributed by atoms with Crippen LogP contribution in [0, 0.1) is 0 Å². The molecule has 72 valence electrons. The number of esters is 1. The van der Waals surface area contributed by atoms with Gasteiger partial charge in [-0.2, -0.15) is 5.10 Å². The number of aryl methyl sites for hydroxylation is 1. The molecule has 0 amide bonds. The first-order valence-corrected chi connectivity index (χ1v) is 3.74. The number of carbonyl (C=O) groups is 1. The van der Waals surface area contributed by atoms with Crippen LogP contribution in [0.25, 0.3) is 0 Å². The second kappa shape index (κ2) is 3.99. The van der Waals surface area contributed by atoms with Crippen LogP contribution in [-0.4, -0.2) is 39.1 Å². The molecule has 1 N–H and O–H groups in total. The van der Waals surface area contributed by atoms with E-state index in [2.05, 4.69) is 14.8 Å². The van der Waals surface area contributed by atoms with Crippen LogP contribution in [0.4, 0.5) is 0 Å². The lowest BCUT2D eigenvalue weighted by Crippen LogP contribution is -2.25. The van der Waals surface area contributed by atoms with Crippen molar-refractivity contribution in [3.05, 3.63) is 12.2 Å². The fraction of sp³-hybridized carbons (Fsp3) is 0.571. The second-order valence-corrected chi connectivity index (χ2v) is 2.54. The first-order chi connectivity index (χ1) is 6.15. The number of methoxy groups -OCH3 is 1. The highest BCUT2D eigenvalue weighted by molar-refractivity contribution is 5.74. The molecule has 13 heavy (non-hydrogen) atoms. The third-order valence-corrected chi connectivity index (χ3v) is 1.65. The van der Waals surface area contributed by atoms with Crippen LogP contribution >= 0.6 is 0 Å². The Morgan fingerprint density at radius 1 is 1.85 bits per heavy atom. The molecule has 1 aromatic heterocycles. The third-order valence-electron chi connectivity index (χ3n) is 1.65. The molecule has 6 nitrogen and oxygen atoms in total. The molecule has 1 heterocycles. The van der Waals surface area contributed by atoms with Crippen molar-refractivity contribution in [2.75, 3.05) is 7.11 Å². The first-order valence-electron chi connectivity index (χ1n) is 3.74. The molecule has 0 radical (unpaired) electrons. The van der Waals surface area contributed by atoms with Gasteiger partial charge in [-0.05, 0) is 0 Å². The smallest absolute Gasteiger partial charge is 0.335 e. The highest BCUT2D eigenvalue weighted by Crippen LogP contribution is 1.98. The van der Waals surface area contributed by atoms with Crippen molar-refractivity contribution in [3.8, 4) is 0 Å². The average molecular weight is 185 g/mol. The van der Waals surface area contributed by atoms with Gasteiger partial charge in [0, 0.05) is 13.5 Å². The fourth-order valence-corrected chi connectivity index (χ4v) is 0.897. The summed E-state index contributed by atoms with van der Waals surface area (Å²) < 4.78 is 5.85. The molecule has 1 aromatic rings. The molecule has 0 aliphatic rings. The fourth-order valence-electron chi connectivity index (χ4n) is 0.897. The standard InChI is InChI=1S/C7H11N3O3/c1-10-6(8-4-9-10)3-5(11)7(12)13-2/h4-5,11H,3H2,1-2H3. The number of carbonyl (C=O) groups excluding carboxylic acids is 1. The molecule has 1 rings (SSSR count). The first kappa shape index (κ1) is 9.66. The van der Waals surface area contributed by atoms with Gasteiger partial charge in [-0.25, -0.2) is 9.78 Å². The lowest BCUT2D eigenvalue weighted by atomic mass is 10.2. The van der Waals surface area contributed by atoms with Crippen LogP contribution in [0.5, 0.6) is 0 Å². The van der Waals surface area contributed by atoms with Crippen molar-refractivity contribution < 1.29 is 14.6 Å². The summed E-state index contributed by atoms with van der Waals surface area (Å²) in [5, 5.41) is 13.1. The molecule has 0 aliphatic heterocycles. The molecule has 1 unspecified atom stereocenters. The van der Waals surface area contributed by atoms with Crippen molar-refractivity contribution in [1.29, 1.82) is 0 Å². The Morgan fingerprint density at radius 2 is 2.54 bits per heavy atom. The van der Waals surface area contributed by atoms with Gasteiger partial charge in [0.05, 0.1) is 7.11 Å². The Balaban J connectivity index is 2.59. The molecule has 6 heteroatoms. The summed E-state index contributed by atoms with van der Waals surface area (Å²) in [6, 6.07) is 0. The predicted octanol–water partition coefficient (Wildman–Crippen LogP) is -1.11. The SMILES string of the molecule is COC(=O)C(O)Cc1ncnn1C. The quantitative estimate of drug-likeness (QED) is 0.604. The number of ether oxygens (including phenoxy) is 1. The van der Waals surface area contributed by atoms with E-state index in [1.54, 1.807) is 7.05 Å². The summed E-state index contributed by atoms with van der Waals surface area (Å²) in [6.07, 6.45) is 0.301. The maximum Gasteiger partial charge on any atom is 0.335 e. The van der Waals surface area contributed by atoms with E-state index in [1.807, 2.05) is 0 Å². The molecule has 0 aromatic carbocycles. The molecular weight excluding hydrogens is 174 g/mol. The minimum atomic E-state index is -1.17. The molecule has 0 aliphatic carbocycles. The van der Waals surface area contributed by atoms with Crippen LogP contribution in [0.15, 0.2) is 6.33 Å². The topological polar surface area (TPSA) is 77.2 Å². The van der Waals surface area contributed by atoms with E-state index in [0.717, 1.165) is 0 Å². The van der Waals surface area contributed by atoms with E-state index < -0.39 is 12.1 Å². The van der Waals surface area contributed by atoms with Crippen molar-refractivity contribution >= 4 is 5.97 Å². The van der Waals surface area contributed by atoms with Gasteiger partial charge >= 0.3 is 5.97 Å². The molecule has 0 bridgehead atoms. The number of aliphatic hydroxyl groups is 1. The van der Waals surface area contributed by atoms with Gasteiger partial charge in [0.15, 0.2) is 6.10 Å². The van der Waals surface area contributed by atoms with Crippen LogP contribution < -0.4 is 0 Å². The minimum absolute atomic E-state index is 0.114. The van der Waals surface area contributed by atoms with Gasteiger partial charge in [-0.3, -0.25) is 4.68 Å². The molecule has 0 spiro atoms. The number of hydrogen-bond acceptors (Lipinski definition) is 5. The van der Waals surface area contributed by atoms with Gasteiger partial charge in [0.2, 0.25) is 0 Å². The summed E-state index contributed by atoms with van der Waals surface area (Å²) in [7, 11) is 2.91. The lowest BCUT2D eigenvalue weighted by molar-refractivity contribution is -0.150. The maximum absolute atomic E-state index is 10.8.